The Bertz CT molecular complexity index is 730. The van der Waals surface area contributed by atoms with E-state index in [1.807, 2.05) is 6.07 Å². The van der Waals surface area contributed by atoms with E-state index in [0.29, 0.717) is 12.3 Å². The molecule has 1 N–H and O–H groups in total. The third-order valence-electron chi connectivity index (χ3n) is 3.97. The Morgan fingerprint density at radius 2 is 2.08 bits per heavy atom. The topological polar surface area (TPSA) is 60.5 Å². The second kappa shape index (κ2) is 8.15. The summed E-state index contributed by atoms with van der Waals surface area (Å²) >= 11 is 1.07. The molecule has 1 amide bonds. The van der Waals surface area contributed by atoms with Gasteiger partial charge in [-0.1, -0.05) is 30.3 Å². The van der Waals surface area contributed by atoms with Gasteiger partial charge in [0.2, 0.25) is 5.91 Å². The van der Waals surface area contributed by atoms with Crippen molar-refractivity contribution in [1.82, 2.24) is 4.37 Å². The SMILES string of the molecule is O=C(Nc1csnc1-c1ccccc1)C(CC1COCCO1)C(F)(F)F. The van der Waals surface area contributed by atoms with Crippen LogP contribution in [0.5, 0.6) is 0 Å². The lowest BCUT2D eigenvalue weighted by atomic mass is 9.99. The van der Waals surface area contributed by atoms with Crippen LogP contribution in [0.2, 0.25) is 0 Å². The van der Waals surface area contributed by atoms with E-state index in [4.69, 9.17) is 9.47 Å². The minimum atomic E-state index is -4.68. The quantitative estimate of drug-likeness (QED) is 0.851. The van der Waals surface area contributed by atoms with Crippen LogP contribution in [0.4, 0.5) is 18.9 Å². The monoisotopic (exact) mass is 386 g/mol. The number of aromatic nitrogens is 1. The maximum Gasteiger partial charge on any atom is 0.400 e. The second-order valence-electron chi connectivity index (χ2n) is 5.83. The van der Waals surface area contributed by atoms with Crippen molar-refractivity contribution in [3.05, 3.63) is 35.7 Å². The Kier molecular flexibility index (Phi) is 5.90. The molecule has 1 aliphatic heterocycles. The number of halogens is 3. The van der Waals surface area contributed by atoms with E-state index < -0.39 is 30.5 Å². The Morgan fingerprint density at radius 1 is 1.31 bits per heavy atom. The average Bonchev–Trinajstić information content (AvgIpc) is 3.08. The maximum absolute atomic E-state index is 13.4. The van der Waals surface area contributed by atoms with Crippen molar-refractivity contribution in [2.24, 2.45) is 5.92 Å². The zero-order valence-corrected chi connectivity index (χ0v) is 14.5. The molecule has 140 valence electrons. The van der Waals surface area contributed by atoms with Crippen LogP contribution in [-0.2, 0) is 14.3 Å². The number of rotatable bonds is 5. The van der Waals surface area contributed by atoms with Crippen molar-refractivity contribution in [3.63, 3.8) is 0 Å². The number of carbonyl (C=O) groups is 1. The third kappa shape index (κ3) is 4.60. The van der Waals surface area contributed by atoms with E-state index in [9.17, 15) is 18.0 Å². The zero-order chi connectivity index (χ0) is 18.6. The van der Waals surface area contributed by atoms with Gasteiger partial charge in [0.05, 0.1) is 31.6 Å². The van der Waals surface area contributed by atoms with Gasteiger partial charge in [-0.05, 0) is 18.0 Å². The molecule has 2 heterocycles. The molecule has 0 saturated carbocycles. The summed E-state index contributed by atoms with van der Waals surface area (Å²) in [6.45, 7) is 0.624. The first kappa shape index (κ1) is 18.8. The first-order valence-corrected chi connectivity index (χ1v) is 8.85. The molecular weight excluding hydrogens is 369 g/mol. The van der Waals surface area contributed by atoms with Gasteiger partial charge in [-0.3, -0.25) is 4.79 Å². The Balaban J connectivity index is 1.75. The minimum Gasteiger partial charge on any atom is -0.376 e. The summed E-state index contributed by atoms with van der Waals surface area (Å²) in [5.41, 5.74) is 1.43. The zero-order valence-electron chi connectivity index (χ0n) is 13.7. The van der Waals surface area contributed by atoms with Gasteiger partial charge in [0, 0.05) is 10.9 Å². The summed E-state index contributed by atoms with van der Waals surface area (Å²) in [5.74, 6) is -3.30. The largest absolute Gasteiger partial charge is 0.400 e. The van der Waals surface area contributed by atoms with Crippen LogP contribution in [0.15, 0.2) is 35.7 Å². The minimum absolute atomic E-state index is 0.0507. The van der Waals surface area contributed by atoms with Crippen molar-refractivity contribution in [2.45, 2.75) is 18.7 Å². The first-order valence-electron chi connectivity index (χ1n) is 8.02. The highest BCUT2D eigenvalue weighted by Gasteiger charge is 2.46. The molecular formula is C17H17F3N2O3S. The van der Waals surface area contributed by atoms with E-state index in [-0.39, 0.29) is 18.9 Å². The van der Waals surface area contributed by atoms with E-state index >= 15 is 0 Å². The molecule has 1 fully saturated rings. The summed E-state index contributed by atoms with van der Waals surface area (Å²) in [6.07, 6.45) is -5.91. The highest BCUT2D eigenvalue weighted by molar-refractivity contribution is 7.04. The first-order chi connectivity index (χ1) is 12.4. The maximum atomic E-state index is 13.4. The predicted octanol–water partition coefficient (Wildman–Crippen LogP) is 3.73. The van der Waals surface area contributed by atoms with Crippen molar-refractivity contribution >= 4 is 23.1 Å². The molecule has 5 nitrogen and oxygen atoms in total. The van der Waals surface area contributed by atoms with Gasteiger partial charge in [-0.25, -0.2) is 0 Å². The summed E-state index contributed by atoms with van der Waals surface area (Å²) < 4.78 is 54.8. The van der Waals surface area contributed by atoms with Crippen LogP contribution >= 0.6 is 11.5 Å². The van der Waals surface area contributed by atoms with Crippen LogP contribution in [0, 0.1) is 5.92 Å². The molecule has 9 heteroatoms. The van der Waals surface area contributed by atoms with Gasteiger partial charge in [-0.2, -0.15) is 17.5 Å². The highest BCUT2D eigenvalue weighted by Crippen LogP contribution is 2.34. The molecule has 1 aromatic heterocycles. The van der Waals surface area contributed by atoms with Gasteiger partial charge in [0.15, 0.2) is 0 Å². The lowest BCUT2D eigenvalue weighted by molar-refractivity contribution is -0.192. The van der Waals surface area contributed by atoms with Gasteiger partial charge in [0.1, 0.15) is 11.6 Å². The van der Waals surface area contributed by atoms with Gasteiger partial charge in [-0.15, -0.1) is 0 Å². The Labute approximate surface area is 152 Å². The van der Waals surface area contributed by atoms with Crippen molar-refractivity contribution in [3.8, 4) is 11.3 Å². The number of nitrogens with one attached hydrogen (secondary N) is 1. The van der Waals surface area contributed by atoms with E-state index in [0.717, 1.165) is 17.1 Å². The Hall–Kier alpha value is -1.97. The smallest absolute Gasteiger partial charge is 0.376 e. The van der Waals surface area contributed by atoms with E-state index in [1.54, 1.807) is 24.3 Å². The number of hydrogen-bond donors (Lipinski definition) is 1. The summed E-state index contributed by atoms with van der Waals surface area (Å²) in [4.78, 5) is 12.4. The molecule has 2 aromatic rings. The van der Waals surface area contributed by atoms with Gasteiger partial charge in [0.25, 0.3) is 0 Å². The lowest BCUT2D eigenvalue weighted by Gasteiger charge is -2.27. The fraction of sp³-hybridized carbons (Fsp3) is 0.412. The Morgan fingerprint density at radius 3 is 2.73 bits per heavy atom. The normalized spacial score (nSPS) is 19.1. The molecule has 1 aromatic carbocycles. The number of anilines is 1. The molecule has 0 aliphatic carbocycles. The van der Waals surface area contributed by atoms with Crippen LogP contribution in [0.25, 0.3) is 11.3 Å². The second-order valence-corrected chi connectivity index (χ2v) is 6.46. The summed E-state index contributed by atoms with van der Waals surface area (Å²) in [6, 6.07) is 8.96. The summed E-state index contributed by atoms with van der Waals surface area (Å²) in [7, 11) is 0. The number of benzene rings is 1. The molecule has 0 radical (unpaired) electrons. The predicted molar refractivity (Wildman–Crippen MR) is 90.9 cm³/mol. The number of alkyl halides is 3. The average molecular weight is 386 g/mol. The van der Waals surface area contributed by atoms with E-state index in [1.165, 1.54) is 5.38 Å². The lowest BCUT2D eigenvalue weighted by Crippen LogP contribution is -2.40. The number of carbonyl (C=O) groups excluding carboxylic acids is 1. The van der Waals surface area contributed by atoms with Crippen molar-refractivity contribution in [2.75, 3.05) is 25.1 Å². The van der Waals surface area contributed by atoms with Crippen LogP contribution in [0.1, 0.15) is 6.42 Å². The van der Waals surface area contributed by atoms with Crippen LogP contribution in [0.3, 0.4) is 0 Å². The fourth-order valence-corrected chi connectivity index (χ4v) is 3.31. The van der Waals surface area contributed by atoms with Crippen molar-refractivity contribution in [1.29, 1.82) is 0 Å². The van der Waals surface area contributed by atoms with E-state index in [2.05, 4.69) is 9.69 Å². The number of ether oxygens (including phenoxy) is 2. The molecule has 1 saturated heterocycles. The number of hydrogen-bond acceptors (Lipinski definition) is 5. The molecule has 2 atom stereocenters. The van der Waals surface area contributed by atoms with Crippen molar-refractivity contribution < 1.29 is 27.4 Å². The number of amides is 1. The van der Waals surface area contributed by atoms with Gasteiger partial charge >= 0.3 is 6.18 Å². The molecule has 2 unspecified atom stereocenters. The molecule has 26 heavy (non-hydrogen) atoms. The molecule has 3 rings (SSSR count). The van der Waals surface area contributed by atoms with Gasteiger partial charge < -0.3 is 14.8 Å². The fourth-order valence-electron chi connectivity index (χ4n) is 2.67. The van der Waals surface area contributed by atoms with Crippen LogP contribution in [-0.4, -0.2) is 42.4 Å². The molecule has 0 bridgehead atoms. The summed E-state index contributed by atoms with van der Waals surface area (Å²) in [5, 5.41) is 3.90. The number of nitrogens with zero attached hydrogens (tertiary/aromatic N) is 1. The molecule has 0 spiro atoms. The molecule has 1 aliphatic rings. The highest BCUT2D eigenvalue weighted by atomic mass is 32.1. The standard InChI is InChI=1S/C17H17F3N2O3S/c18-17(19,20)13(8-12-9-24-6-7-25-12)16(23)21-14-10-26-22-15(14)11-4-2-1-3-5-11/h1-5,10,12-13H,6-9H2,(H,21,23). The van der Waals surface area contributed by atoms with Crippen LogP contribution < -0.4 is 5.32 Å². The third-order valence-corrected chi connectivity index (χ3v) is 4.60.